The molecule has 2 aromatic rings. The highest BCUT2D eigenvalue weighted by Gasteiger charge is 2.43. The minimum absolute atomic E-state index is 0.0911. The summed E-state index contributed by atoms with van der Waals surface area (Å²) in [7, 11) is 0. The predicted molar refractivity (Wildman–Crippen MR) is 102 cm³/mol. The first-order valence-electron chi connectivity index (χ1n) is 9.47. The lowest BCUT2D eigenvalue weighted by atomic mass is 9.93. The Bertz CT molecular complexity index is 846. The van der Waals surface area contributed by atoms with E-state index >= 15 is 0 Å². The van der Waals surface area contributed by atoms with Crippen LogP contribution >= 0.6 is 11.6 Å². The Morgan fingerprint density at radius 1 is 1.11 bits per heavy atom. The van der Waals surface area contributed by atoms with E-state index < -0.39 is 31.0 Å². The molecule has 8 nitrogen and oxygen atoms in total. The first-order chi connectivity index (χ1) is 13.5. The predicted octanol–water partition coefficient (Wildman–Crippen LogP) is 1.59. The van der Waals surface area contributed by atoms with Crippen molar-refractivity contribution in [2.45, 2.75) is 62.2 Å². The molecule has 0 unspecified atom stereocenters. The molecule has 4 rings (SSSR count). The Labute approximate surface area is 167 Å². The first kappa shape index (κ1) is 19.8. The molecule has 1 saturated heterocycles. The largest absolute Gasteiger partial charge is 0.393 e. The number of fused-ring (bicyclic) bond motifs is 1. The number of rotatable bonds is 4. The Morgan fingerprint density at radius 2 is 1.86 bits per heavy atom. The van der Waals surface area contributed by atoms with Gasteiger partial charge in [0.15, 0.2) is 0 Å². The van der Waals surface area contributed by atoms with Crippen molar-refractivity contribution in [1.82, 2.24) is 9.97 Å². The van der Waals surface area contributed by atoms with Crippen molar-refractivity contribution < 1.29 is 25.2 Å². The molecule has 1 aliphatic carbocycles. The van der Waals surface area contributed by atoms with E-state index in [0.29, 0.717) is 16.9 Å². The zero-order valence-electron chi connectivity index (χ0n) is 15.2. The van der Waals surface area contributed by atoms with E-state index in [1.807, 2.05) is 6.07 Å². The number of benzene rings is 1. The Morgan fingerprint density at radius 3 is 2.54 bits per heavy atom. The SMILES string of the molecule is [O]C[C@H]1O[C@@H](c2ccc3c(NC4CCC(O)CC4)nc(Cl)nc3c2)[C@H](O)[C@@H]1O. The van der Waals surface area contributed by atoms with Gasteiger partial charge in [-0.25, -0.2) is 15.1 Å². The normalized spacial score (nSPS) is 33.3. The lowest BCUT2D eigenvalue weighted by molar-refractivity contribution is -0.0398. The summed E-state index contributed by atoms with van der Waals surface area (Å²) < 4.78 is 5.53. The molecule has 1 saturated carbocycles. The van der Waals surface area contributed by atoms with Crippen LogP contribution in [0.4, 0.5) is 5.82 Å². The number of ether oxygens (including phenoxy) is 1. The van der Waals surface area contributed by atoms with Gasteiger partial charge in [-0.15, -0.1) is 0 Å². The first-order valence-corrected chi connectivity index (χ1v) is 9.85. The highest BCUT2D eigenvalue weighted by molar-refractivity contribution is 6.28. The molecule has 2 aliphatic rings. The maximum Gasteiger partial charge on any atom is 0.224 e. The molecule has 0 spiro atoms. The van der Waals surface area contributed by atoms with Crippen LogP contribution in [0, 0.1) is 0 Å². The molecule has 9 heteroatoms. The summed E-state index contributed by atoms with van der Waals surface area (Å²) in [5.41, 5.74) is 1.18. The molecule has 28 heavy (non-hydrogen) atoms. The van der Waals surface area contributed by atoms with Gasteiger partial charge in [-0.2, -0.15) is 0 Å². The van der Waals surface area contributed by atoms with Crippen molar-refractivity contribution in [3.8, 4) is 0 Å². The van der Waals surface area contributed by atoms with Crippen LogP contribution in [0.2, 0.25) is 5.28 Å². The average Bonchev–Trinajstić information content (AvgIpc) is 2.97. The summed E-state index contributed by atoms with van der Waals surface area (Å²) >= 11 is 6.11. The smallest absolute Gasteiger partial charge is 0.224 e. The number of hydrogen-bond donors (Lipinski definition) is 4. The van der Waals surface area contributed by atoms with E-state index in [4.69, 9.17) is 16.3 Å². The zero-order valence-corrected chi connectivity index (χ0v) is 15.9. The molecule has 4 N–H and O–H groups in total. The van der Waals surface area contributed by atoms with E-state index in [-0.39, 0.29) is 17.4 Å². The summed E-state index contributed by atoms with van der Waals surface area (Å²) in [6.45, 7) is -0.625. The third-order valence-corrected chi connectivity index (χ3v) is 5.76. The van der Waals surface area contributed by atoms with Gasteiger partial charge in [0, 0.05) is 11.4 Å². The van der Waals surface area contributed by atoms with E-state index in [1.165, 1.54) is 0 Å². The fraction of sp³-hybridized carbons (Fsp3) is 0.579. The number of nitrogens with zero attached hydrogens (tertiary/aromatic N) is 2. The number of anilines is 1. The second-order valence-electron chi connectivity index (χ2n) is 7.51. The van der Waals surface area contributed by atoms with Gasteiger partial charge in [-0.05, 0) is 55.0 Å². The van der Waals surface area contributed by atoms with Gasteiger partial charge in [-0.1, -0.05) is 6.07 Å². The lowest BCUT2D eigenvalue weighted by Gasteiger charge is -2.27. The molecule has 1 aromatic heterocycles. The summed E-state index contributed by atoms with van der Waals surface area (Å²) in [5, 5.41) is 45.2. The van der Waals surface area contributed by atoms with Crippen LogP contribution in [0.3, 0.4) is 0 Å². The molecule has 2 fully saturated rings. The van der Waals surface area contributed by atoms with Crippen LogP contribution in [-0.4, -0.2) is 62.4 Å². The third kappa shape index (κ3) is 3.80. The van der Waals surface area contributed by atoms with Crippen molar-refractivity contribution >= 4 is 28.3 Å². The van der Waals surface area contributed by atoms with Crippen molar-refractivity contribution in [2.75, 3.05) is 11.9 Å². The molecule has 1 aliphatic heterocycles. The maximum atomic E-state index is 11.1. The van der Waals surface area contributed by atoms with E-state index in [1.54, 1.807) is 12.1 Å². The Balaban J connectivity index is 1.62. The summed E-state index contributed by atoms with van der Waals surface area (Å²) in [6.07, 6.45) is -1.19. The summed E-state index contributed by atoms with van der Waals surface area (Å²) in [5.74, 6) is 0.619. The fourth-order valence-corrected chi connectivity index (χ4v) is 4.16. The van der Waals surface area contributed by atoms with Crippen LogP contribution in [0.15, 0.2) is 18.2 Å². The zero-order chi connectivity index (χ0) is 19.8. The van der Waals surface area contributed by atoms with Crippen molar-refractivity contribution in [3.05, 3.63) is 29.0 Å². The van der Waals surface area contributed by atoms with Crippen LogP contribution < -0.4 is 5.32 Å². The fourth-order valence-electron chi connectivity index (χ4n) is 3.98. The minimum Gasteiger partial charge on any atom is -0.393 e. The van der Waals surface area contributed by atoms with Crippen LogP contribution in [0.5, 0.6) is 0 Å². The molecule has 151 valence electrons. The molecule has 0 amide bonds. The number of aliphatic hydroxyl groups is 3. The number of halogens is 1. The van der Waals surface area contributed by atoms with Gasteiger partial charge in [0.1, 0.15) is 36.8 Å². The maximum absolute atomic E-state index is 11.1. The number of nitrogens with one attached hydrogen (secondary N) is 1. The molecule has 1 aromatic carbocycles. The monoisotopic (exact) mass is 408 g/mol. The lowest BCUT2D eigenvalue weighted by Crippen LogP contribution is -2.32. The summed E-state index contributed by atoms with van der Waals surface area (Å²) in [4.78, 5) is 8.58. The minimum atomic E-state index is -1.22. The number of hydrogen-bond acceptors (Lipinski definition) is 7. The van der Waals surface area contributed by atoms with E-state index in [2.05, 4.69) is 15.3 Å². The standard InChI is InChI=1S/C19H23ClN3O5/c20-19-22-13-7-9(17-16(27)15(26)14(8-24)28-17)1-6-12(13)18(23-19)21-10-2-4-11(25)5-3-10/h1,6-7,10-11,14-17,25-27H,2-5,8H2,(H,21,22,23)/t10?,11?,14-,15-,16-,17+/m1/s1. The van der Waals surface area contributed by atoms with Crippen molar-refractivity contribution in [1.29, 1.82) is 0 Å². The molecular formula is C19H23ClN3O5. The van der Waals surface area contributed by atoms with Gasteiger partial charge in [0.2, 0.25) is 5.28 Å². The van der Waals surface area contributed by atoms with Gasteiger partial charge in [0.25, 0.3) is 0 Å². The Hall–Kier alpha value is -1.55. The third-order valence-electron chi connectivity index (χ3n) is 5.59. The summed E-state index contributed by atoms with van der Waals surface area (Å²) in [6, 6.07) is 5.51. The van der Waals surface area contributed by atoms with Gasteiger partial charge in [-0.3, -0.25) is 0 Å². The topological polar surface area (TPSA) is 128 Å². The Kier molecular flexibility index (Phi) is 5.69. The van der Waals surface area contributed by atoms with Crippen molar-refractivity contribution in [3.63, 3.8) is 0 Å². The van der Waals surface area contributed by atoms with Crippen molar-refractivity contribution in [2.24, 2.45) is 0 Å². The van der Waals surface area contributed by atoms with E-state index in [9.17, 15) is 20.4 Å². The van der Waals surface area contributed by atoms with Gasteiger partial charge in [0.05, 0.1) is 11.6 Å². The van der Waals surface area contributed by atoms with Gasteiger partial charge < -0.3 is 25.4 Å². The molecule has 0 bridgehead atoms. The molecule has 4 atom stereocenters. The highest BCUT2D eigenvalue weighted by Crippen LogP contribution is 2.36. The van der Waals surface area contributed by atoms with E-state index in [0.717, 1.165) is 31.1 Å². The number of aliphatic hydroxyl groups excluding tert-OH is 3. The molecule has 1 radical (unpaired) electrons. The second kappa shape index (κ2) is 8.06. The van der Waals surface area contributed by atoms with Crippen LogP contribution in [0.25, 0.3) is 10.9 Å². The van der Waals surface area contributed by atoms with Crippen LogP contribution in [-0.2, 0) is 9.84 Å². The quantitative estimate of drug-likeness (QED) is 0.565. The average molecular weight is 409 g/mol. The molecule has 2 heterocycles. The molecular weight excluding hydrogens is 386 g/mol. The van der Waals surface area contributed by atoms with Crippen LogP contribution in [0.1, 0.15) is 37.4 Å². The number of aromatic nitrogens is 2. The highest BCUT2D eigenvalue weighted by atomic mass is 35.5. The van der Waals surface area contributed by atoms with Gasteiger partial charge >= 0.3 is 0 Å². The second-order valence-corrected chi connectivity index (χ2v) is 7.85.